The molecule has 1 saturated carbocycles. The van der Waals surface area contributed by atoms with Crippen LogP contribution in [0.2, 0.25) is 0 Å². The van der Waals surface area contributed by atoms with Crippen LogP contribution >= 0.6 is 0 Å². The van der Waals surface area contributed by atoms with Crippen LogP contribution in [0.15, 0.2) is 30.3 Å². The Hall–Kier alpha value is -1.44. The third-order valence-electron chi connectivity index (χ3n) is 4.07. The number of rotatable bonds is 7. The first kappa shape index (κ1) is 18.9. The van der Waals surface area contributed by atoms with E-state index in [9.17, 15) is 13.2 Å². The highest BCUT2D eigenvalue weighted by atomic mass is 32.2. The summed E-state index contributed by atoms with van der Waals surface area (Å²) in [4.78, 5) is 14.0. The van der Waals surface area contributed by atoms with E-state index in [1.807, 2.05) is 44.2 Å². The van der Waals surface area contributed by atoms with Crippen LogP contribution in [0.3, 0.4) is 0 Å². The van der Waals surface area contributed by atoms with Crippen molar-refractivity contribution in [2.75, 3.05) is 11.5 Å². The molecule has 0 saturated heterocycles. The summed E-state index contributed by atoms with van der Waals surface area (Å²) in [6, 6.07) is 8.97. The van der Waals surface area contributed by atoms with Gasteiger partial charge in [-0.25, -0.2) is 4.18 Å². The van der Waals surface area contributed by atoms with Crippen LogP contribution < -0.4 is 9.62 Å². The second-order valence-electron chi connectivity index (χ2n) is 6.36. The molecule has 0 bridgehead atoms. The summed E-state index contributed by atoms with van der Waals surface area (Å²) < 4.78 is 31.5. The van der Waals surface area contributed by atoms with Gasteiger partial charge >= 0.3 is 10.3 Å². The van der Waals surface area contributed by atoms with Gasteiger partial charge in [-0.05, 0) is 38.8 Å². The summed E-state index contributed by atoms with van der Waals surface area (Å²) in [5, 5.41) is 0. The standard InChI is InChI=1S/C17H26N2O4S/c1-14(2)19(16-11-7-4-8-12-16)17(20)13-23-24(21,22)18-15-9-5-3-6-10-15/h4,7-8,11-12,14-15,18H,3,5-6,9-10,13H2,1-2H3. The topological polar surface area (TPSA) is 75.7 Å². The lowest BCUT2D eigenvalue weighted by Gasteiger charge is -2.27. The number of anilines is 1. The number of hydrogen-bond donors (Lipinski definition) is 1. The number of nitrogens with one attached hydrogen (secondary N) is 1. The smallest absolute Gasteiger partial charge is 0.308 e. The van der Waals surface area contributed by atoms with Gasteiger partial charge in [0.25, 0.3) is 5.91 Å². The molecule has 1 aromatic carbocycles. The summed E-state index contributed by atoms with van der Waals surface area (Å²) in [6.07, 6.45) is 4.80. The van der Waals surface area contributed by atoms with Crippen molar-refractivity contribution in [3.63, 3.8) is 0 Å². The lowest BCUT2D eigenvalue weighted by Crippen LogP contribution is -2.42. The SMILES string of the molecule is CC(C)N(C(=O)COS(=O)(=O)NC1CCCCC1)c1ccccc1. The first-order valence-electron chi connectivity index (χ1n) is 8.43. The van der Waals surface area contributed by atoms with Crippen LogP contribution in [0.4, 0.5) is 5.69 Å². The van der Waals surface area contributed by atoms with E-state index in [-0.39, 0.29) is 18.0 Å². The number of amides is 1. The van der Waals surface area contributed by atoms with Crippen molar-refractivity contribution in [1.29, 1.82) is 0 Å². The van der Waals surface area contributed by atoms with Crippen molar-refractivity contribution >= 4 is 21.9 Å². The first-order valence-corrected chi connectivity index (χ1v) is 9.83. The molecule has 7 heteroatoms. The number of carbonyl (C=O) groups is 1. The molecule has 0 unspecified atom stereocenters. The third-order valence-corrected chi connectivity index (χ3v) is 5.12. The van der Waals surface area contributed by atoms with Crippen molar-refractivity contribution in [3.05, 3.63) is 30.3 Å². The highest BCUT2D eigenvalue weighted by Crippen LogP contribution is 2.19. The van der Waals surface area contributed by atoms with Crippen LogP contribution in [0, 0.1) is 0 Å². The Morgan fingerprint density at radius 3 is 2.42 bits per heavy atom. The molecule has 1 amide bonds. The van der Waals surface area contributed by atoms with Crippen molar-refractivity contribution < 1.29 is 17.4 Å². The number of para-hydroxylation sites is 1. The fourth-order valence-electron chi connectivity index (χ4n) is 2.97. The molecule has 6 nitrogen and oxygen atoms in total. The molecule has 0 aromatic heterocycles. The summed E-state index contributed by atoms with van der Waals surface area (Å²) >= 11 is 0. The van der Waals surface area contributed by atoms with E-state index in [4.69, 9.17) is 4.18 Å². The monoisotopic (exact) mass is 354 g/mol. The van der Waals surface area contributed by atoms with Gasteiger partial charge in [-0.1, -0.05) is 37.5 Å². The molecule has 1 aliphatic carbocycles. The molecular formula is C17H26N2O4S. The van der Waals surface area contributed by atoms with Crippen molar-refractivity contribution in [3.8, 4) is 0 Å². The molecule has 24 heavy (non-hydrogen) atoms. The molecular weight excluding hydrogens is 328 g/mol. The van der Waals surface area contributed by atoms with E-state index in [0.717, 1.165) is 37.8 Å². The Labute approximate surface area is 144 Å². The molecule has 1 aromatic rings. The molecule has 1 aliphatic rings. The van der Waals surface area contributed by atoms with Crippen LogP contribution in [0.5, 0.6) is 0 Å². The first-order chi connectivity index (χ1) is 11.4. The van der Waals surface area contributed by atoms with Crippen LogP contribution in [-0.4, -0.2) is 33.0 Å². The van der Waals surface area contributed by atoms with Gasteiger partial charge in [0.1, 0.15) is 6.61 Å². The second kappa shape index (κ2) is 8.60. The van der Waals surface area contributed by atoms with Gasteiger partial charge < -0.3 is 4.90 Å². The van der Waals surface area contributed by atoms with E-state index in [0.29, 0.717) is 0 Å². The van der Waals surface area contributed by atoms with E-state index < -0.39 is 16.9 Å². The zero-order valence-corrected chi connectivity index (χ0v) is 15.1. The molecule has 0 radical (unpaired) electrons. The molecule has 1 fully saturated rings. The lowest BCUT2D eigenvalue weighted by atomic mass is 9.96. The average molecular weight is 354 g/mol. The molecule has 0 heterocycles. The zero-order valence-electron chi connectivity index (χ0n) is 14.3. The second-order valence-corrected chi connectivity index (χ2v) is 7.74. The third kappa shape index (κ3) is 5.58. The number of hydrogen-bond acceptors (Lipinski definition) is 4. The highest BCUT2D eigenvalue weighted by molar-refractivity contribution is 7.84. The predicted octanol–water partition coefficient (Wildman–Crippen LogP) is 2.61. The molecule has 0 spiro atoms. The minimum absolute atomic E-state index is 0.0887. The summed E-state index contributed by atoms with van der Waals surface area (Å²) in [5.41, 5.74) is 0.721. The van der Waals surface area contributed by atoms with Gasteiger partial charge in [-0.2, -0.15) is 13.1 Å². The summed E-state index contributed by atoms with van der Waals surface area (Å²) in [6.45, 7) is 3.24. The maximum absolute atomic E-state index is 12.4. The largest absolute Gasteiger partial charge is 0.336 e. The van der Waals surface area contributed by atoms with Crippen LogP contribution in [-0.2, 0) is 19.3 Å². The predicted molar refractivity (Wildman–Crippen MR) is 93.9 cm³/mol. The Bertz CT molecular complexity index is 625. The Balaban J connectivity index is 1.94. The van der Waals surface area contributed by atoms with Crippen molar-refractivity contribution in [2.24, 2.45) is 0 Å². The highest BCUT2D eigenvalue weighted by Gasteiger charge is 2.24. The van der Waals surface area contributed by atoms with E-state index >= 15 is 0 Å². The van der Waals surface area contributed by atoms with Crippen LogP contribution in [0.1, 0.15) is 46.0 Å². The van der Waals surface area contributed by atoms with Gasteiger partial charge in [-0.3, -0.25) is 4.79 Å². The van der Waals surface area contributed by atoms with Crippen LogP contribution in [0.25, 0.3) is 0 Å². The Morgan fingerprint density at radius 1 is 1.21 bits per heavy atom. The fraction of sp³-hybridized carbons (Fsp3) is 0.588. The molecule has 2 rings (SSSR count). The van der Waals surface area contributed by atoms with Crippen molar-refractivity contribution in [1.82, 2.24) is 4.72 Å². The zero-order chi connectivity index (χ0) is 17.6. The van der Waals surface area contributed by atoms with Gasteiger partial charge in [0.15, 0.2) is 0 Å². The quantitative estimate of drug-likeness (QED) is 0.817. The maximum Gasteiger partial charge on any atom is 0.336 e. The summed E-state index contributed by atoms with van der Waals surface area (Å²) in [7, 11) is -3.92. The van der Waals surface area contributed by atoms with Crippen molar-refractivity contribution in [2.45, 2.75) is 58.0 Å². The van der Waals surface area contributed by atoms with E-state index in [2.05, 4.69) is 4.72 Å². The number of nitrogens with zero attached hydrogens (tertiary/aromatic N) is 1. The summed E-state index contributed by atoms with van der Waals surface area (Å²) in [5.74, 6) is -0.384. The van der Waals surface area contributed by atoms with E-state index in [1.54, 1.807) is 0 Å². The number of carbonyl (C=O) groups excluding carboxylic acids is 1. The van der Waals surface area contributed by atoms with Gasteiger partial charge in [-0.15, -0.1) is 0 Å². The average Bonchev–Trinajstić information content (AvgIpc) is 2.54. The molecule has 1 N–H and O–H groups in total. The fourth-order valence-corrected chi connectivity index (χ4v) is 3.94. The Morgan fingerprint density at radius 2 is 1.83 bits per heavy atom. The van der Waals surface area contributed by atoms with Gasteiger partial charge in [0.2, 0.25) is 0 Å². The lowest BCUT2D eigenvalue weighted by molar-refractivity contribution is -0.120. The Kier molecular flexibility index (Phi) is 6.77. The van der Waals surface area contributed by atoms with Gasteiger partial charge in [0, 0.05) is 17.8 Å². The molecule has 0 atom stereocenters. The molecule has 134 valence electrons. The minimum Gasteiger partial charge on any atom is -0.308 e. The van der Waals surface area contributed by atoms with E-state index in [1.165, 1.54) is 4.90 Å². The minimum atomic E-state index is -3.92. The van der Waals surface area contributed by atoms with Gasteiger partial charge in [0.05, 0.1) is 0 Å². The number of benzene rings is 1. The molecule has 0 aliphatic heterocycles. The maximum atomic E-state index is 12.4. The normalized spacial score (nSPS) is 16.3.